The molecular weight excluding hydrogens is 334 g/mol. The summed E-state index contributed by atoms with van der Waals surface area (Å²) in [4.78, 5) is 13.1. The van der Waals surface area contributed by atoms with Crippen LogP contribution in [0.2, 0.25) is 0 Å². The Morgan fingerprint density at radius 1 is 1.08 bits per heavy atom. The number of carbonyl (C=O) groups is 1. The predicted octanol–water partition coefficient (Wildman–Crippen LogP) is 2.19. The molecule has 0 heterocycles. The van der Waals surface area contributed by atoms with E-state index in [0.29, 0.717) is 11.1 Å². The Balaban J connectivity index is 2.23. The fourth-order valence-electron chi connectivity index (χ4n) is 2.49. The first-order valence-corrected chi connectivity index (χ1v) is 7.40. The molecule has 0 spiro atoms. The molecule has 2 aromatic rings. The van der Waals surface area contributed by atoms with Gasteiger partial charge in [-0.3, -0.25) is 14.9 Å². The van der Waals surface area contributed by atoms with Gasteiger partial charge in [-0.25, -0.2) is 14.3 Å². The van der Waals surface area contributed by atoms with Crippen molar-refractivity contribution in [1.29, 1.82) is 0 Å². The van der Waals surface area contributed by atoms with E-state index in [2.05, 4.69) is 0 Å². The summed E-state index contributed by atoms with van der Waals surface area (Å²) in [6.45, 7) is 1.60. The van der Waals surface area contributed by atoms with E-state index in [-0.39, 0.29) is 25.2 Å². The third kappa shape index (κ3) is 4.88. The van der Waals surface area contributed by atoms with Crippen LogP contribution in [0.4, 0.5) is 8.78 Å². The van der Waals surface area contributed by atoms with Crippen LogP contribution in [-0.4, -0.2) is 32.8 Å². The van der Waals surface area contributed by atoms with E-state index >= 15 is 0 Å². The standard InChI is InChI=1S/C17H18F2N2O4/c1-10-4-12(6-15(23)17(10)19)8-21(9-16(24)20-25)7-11-2-3-13(18)14(22)5-11/h2-6,22-23,25H,7-9H2,1H3,(H,20,24). The summed E-state index contributed by atoms with van der Waals surface area (Å²) in [7, 11) is 0. The van der Waals surface area contributed by atoms with Crippen molar-refractivity contribution in [3.8, 4) is 11.5 Å². The number of aryl methyl sites for hydroxylation is 1. The molecule has 0 saturated carbocycles. The molecule has 1 amide bonds. The molecule has 0 radical (unpaired) electrons. The average Bonchev–Trinajstić information content (AvgIpc) is 2.55. The third-order valence-electron chi connectivity index (χ3n) is 3.61. The number of nitrogens with one attached hydrogen (secondary N) is 1. The second-order valence-electron chi connectivity index (χ2n) is 5.71. The quantitative estimate of drug-likeness (QED) is 0.472. The number of aromatic hydroxyl groups is 2. The molecule has 0 unspecified atom stereocenters. The highest BCUT2D eigenvalue weighted by atomic mass is 19.1. The molecule has 8 heteroatoms. The highest BCUT2D eigenvalue weighted by Gasteiger charge is 2.15. The lowest BCUT2D eigenvalue weighted by Gasteiger charge is -2.22. The fourth-order valence-corrected chi connectivity index (χ4v) is 2.49. The number of amides is 1. The van der Waals surface area contributed by atoms with E-state index < -0.39 is 29.0 Å². The van der Waals surface area contributed by atoms with Crippen molar-refractivity contribution in [1.82, 2.24) is 10.4 Å². The number of rotatable bonds is 6. The van der Waals surface area contributed by atoms with E-state index in [9.17, 15) is 23.8 Å². The zero-order valence-electron chi connectivity index (χ0n) is 13.5. The Bertz CT molecular complexity index is 760. The van der Waals surface area contributed by atoms with E-state index in [0.717, 1.165) is 6.07 Å². The monoisotopic (exact) mass is 352 g/mol. The minimum absolute atomic E-state index is 0.151. The van der Waals surface area contributed by atoms with Crippen LogP contribution in [0.1, 0.15) is 16.7 Å². The van der Waals surface area contributed by atoms with Crippen molar-refractivity contribution in [2.24, 2.45) is 0 Å². The Hall–Kier alpha value is -2.71. The molecule has 0 atom stereocenters. The van der Waals surface area contributed by atoms with Gasteiger partial charge in [-0.2, -0.15) is 0 Å². The van der Waals surface area contributed by atoms with Crippen LogP contribution in [0.5, 0.6) is 11.5 Å². The van der Waals surface area contributed by atoms with Crippen molar-refractivity contribution in [2.75, 3.05) is 6.54 Å². The first-order chi connectivity index (χ1) is 11.8. The van der Waals surface area contributed by atoms with E-state index in [1.807, 2.05) is 0 Å². The number of nitrogens with zero attached hydrogens (tertiary/aromatic N) is 1. The third-order valence-corrected chi connectivity index (χ3v) is 3.61. The summed E-state index contributed by atoms with van der Waals surface area (Å²) in [5.41, 5.74) is 2.86. The minimum Gasteiger partial charge on any atom is -0.505 e. The summed E-state index contributed by atoms with van der Waals surface area (Å²) >= 11 is 0. The fraction of sp³-hybridized carbons (Fsp3) is 0.235. The molecule has 0 aliphatic carbocycles. The van der Waals surface area contributed by atoms with Crippen LogP contribution in [0, 0.1) is 18.6 Å². The van der Waals surface area contributed by atoms with Crippen molar-refractivity contribution in [3.63, 3.8) is 0 Å². The number of hydrogen-bond acceptors (Lipinski definition) is 5. The van der Waals surface area contributed by atoms with Gasteiger partial charge in [0.05, 0.1) is 6.54 Å². The Morgan fingerprint density at radius 3 is 2.32 bits per heavy atom. The number of hydrogen-bond donors (Lipinski definition) is 4. The molecule has 2 rings (SSSR count). The summed E-state index contributed by atoms with van der Waals surface area (Å²) in [5.74, 6) is -3.16. The van der Waals surface area contributed by atoms with Crippen LogP contribution in [0.15, 0.2) is 30.3 Å². The first kappa shape index (κ1) is 18.6. The maximum absolute atomic E-state index is 13.5. The normalized spacial score (nSPS) is 10.9. The molecule has 0 saturated heterocycles. The Morgan fingerprint density at radius 2 is 1.72 bits per heavy atom. The van der Waals surface area contributed by atoms with Crippen LogP contribution in [0.25, 0.3) is 0 Å². The van der Waals surface area contributed by atoms with Gasteiger partial charge in [0.25, 0.3) is 5.91 Å². The van der Waals surface area contributed by atoms with Gasteiger partial charge in [0.2, 0.25) is 0 Å². The molecule has 134 valence electrons. The topological polar surface area (TPSA) is 93.0 Å². The van der Waals surface area contributed by atoms with Gasteiger partial charge >= 0.3 is 0 Å². The first-order valence-electron chi connectivity index (χ1n) is 7.40. The van der Waals surface area contributed by atoms with Gasteiger partial charge in [0.15, 0.2) is 23.1 Å². The van der Waals surface area contributed by atoms with Crippen LogP contribution < -0.4 is 5.48 Å². The van der Waals surface area contributed by atoms with E-state index in [1.54, 1.807) is 4.90 Å². The highest BCUT2D eigenvalue weighted by Crippen LogP contribution is 2.23. The van der Waals surface area contributed by atoms with Crippen LogP contribution in [0.3, 0.4) is 0 Å². The van der Waals surface area contributed by atoms with Gasteiger partial charge in [-0.05, 0) is 41.8 Å². The number of carbonyl (C=O) groups excluding carboxylic acids is 1. The summed E-state index contributed by atoms with van der Waals surface area (Å²) in [6, 6.07) is 6.55. The molecule has 0 aromatic heterocycles. The predicted molar refractivity (Wildman–Crippen MR) is 84.9 cm³/mol. The van der Waals surface area contributed by atoms with Crippen molar-refractivity contribution in [2.45, 2.75) is 20.0 Å². The van der Waals surface area contributed by atoms with Gasteiger partial charge in [-0.15, -0.1) is 0 Å². The summed E-state index contributed by atoms with van der Waals surface area (Å²) in [6.07, 6.45) is 0. The summed E-state index contributed by atoms with van der Waals surface area (Å²) in [5, 5.41) is 27.8. The Kier molecular flexibility index (Phi) is 5.89. The van der Waals surface area contributed by atoms with Gasteiger partial charge in [-0.1, -0.05) is 12.1 Å². The summed E-state index contributed by atoms with van der Waals surface area (Å²) < 4.78 is 26.7. The zero-order valence-corrected chi connectivity index (χ0v) is 13.5. The zero-order chi connectivity index (χ0) is 18.6. The van der Waals surface area contributed by atoms with E-state index in [4.69, 9.17) is 5.21 Å². The number of phenols is 2. The molecule has 0 aliphatic heterocycles. The molecule has 25 heavy (non-hydrogen) atoms. The molecule has 4 N–H and O–H groups in total. The van der Waals surface area contributed by atoms with Crippen molar-refractivity contribution < 1.29 is 29.0 Å². The average molecular weight is 352 g/mol. The highest BCUT2D eigenvalue weighted by molar-refractivity contribution is 5.76. The van der Waals surface area contributed by atoms with Crippen LogP contribution in [-0.2, 0) is 17.9 Å². The molecule has 0 aliphatic rings. The van der Waals surface area contributed by atoms with Crippen LogP contribution >= 0.6 is 0 Å². The molecule has 0 bridgehead atoms. The molecule has 0 fully saturated rings. The number of benzene rings is 2. The maximum atomic E-state index is 13.5. The number of hydroxylamine groups is 1. The number of halogens is 2. The lowest BCUT2D eigenvalue weighted by Crippen LogP contribution is -2.35. The second-order valence-corrected chi connectivity index (χ2v) is 5.71. The lowest BCUT2D eigenvalue weighted by molar-refractivity contribution is -0.130. The van der Waals surface area contributed by atoms with Gasteiger partial charge in [0, 0.05) is 13.1 Å². The number of phenolic OH excluding ortho intramolecular Hbond substituents is 2. The van der Waals surface area contributed by atoms with Gasteiger partial charge in [0.1, 0.15) is 0 Å². The molecule has 6 nitrogen and oxygen atoms in total. The molecule has 2 aromatic carbocycles. The SMILES string of the molecule is Cc1cc(CN(CC(=O)NO)Cc2ccc(F)c(O)c2)cc(O)c1F. The van der Waals surface area contributed by atoms with Crippen molar-refractivity contribution >= 4 is 5.91 Å². The Labute approximate surface area is 142 Å². The second kappa shape index (κ2) is 7.91. The largest absolute Gasteiger partial charge is 0.505 e. The van der Waals surface area contributed by atoms with Crippen molar-refractivity contribution in [3.05, 3.63) is 58.7 Å². The van der Waals surface area contributed by atoms with E-state index in [1.165, 1.54) is 36.7 Å². The maximum Gasteiger partial charge on any atom is 0.257 e. The molecular formula is C17H18F2N2O4. The smallest absolute Gasteiger partial charge is 0.257 e. The lowest BCUT2D eigenvalue weighted by atomic mass is 10.1. The van der Waals surface area contributed by atoms with Gasteiger partial charge < -0.3 is 10.2 Å². The minimum atomic E-state index is -0.762.